The van der Waals surface area contributed by atoms with Gasteiger partial charge in [0.2, 0.25) is 0 Å². The van der Waals surface area contributed by atoms with Gasteiger partial charge in [0.1, 0.15) is 12.4 Å². The highest BCUT2D eigenvalue weighted by Gasteiger charge is 2.52. The van der Waals surface area contributed by atoms with Crippen molar-refractivity contribution < 1.29 is 22.8 Å². The van der Waals surface area contributed by atoms with Gasteiger partial charge in [-0.3, -0.25) is 0 Å². The van der Waals surface area contributed by atoms with E-state index < -0.39 is 31.4 Å². The first kappa shape index (κ1) is 16.5. The smallest absolute Gasteiger partial charge is 0.488 e. The van der Waals surface area contributed by atoms with Crippen LogP contribution in [0.5, 0.6) is 5.75 Å². The van der Waals surface area contributed by atoms with Crippen molar-refractivity contribution in [3.8, 4) is 5.75 Å². The Morgan fingerprint density at radius 2 is 1.76 bits per heavy atom. The summed E-state index contributed by atoms with van der Waals surface area (Å²) in [5.41, 5.74) is -0.540. The second-order valence-corrected chi connectivity index (χ2v) is 6.41. The minimum absolute atomic E-state index is 0.290. The van der Waals surface area contributed by atoms with Crippen LogP contribution < -0.4 is 10.2 Å². The quantitative estimate of drug-likeness (QED) is 0.797. The van der Waals surface area contributed by atoms with E-state index in [-0.39, 0.29) is 0 Å². The second kappa shape index (κ2) is 5.74. The molecule has 1 aromatic rings. The van der Waals surface area contributed by atoms with Crippen LogP contribution in [-0.2, 0) is 9.31 Å². The van der Waals surface area contributed by atoms with Gasteiger partial charge in [-0.2, -0.15) is 0 Å². The summed E-state index contributed by atoms with van der Waals surface area (Å²) in [6, 6.07) is 4.74. The van der Waals surface area contributed by atoms with E-state index >= 15 is 0 Å². The molecule has 0 N–H and O–H groups in total. The van der Waals surface area contributed by atoms with Crippen LogP contribution in [0.2, 0.25) is 5.02 Å². The second-order valence-electron chi connectivity index (χ2n) is 5.97. The van der Waals surface area contributed by atoms with Crippen LogP contribution >= 0.6 is 11.6 Å². The maximum atomic E-state index is 12.3. The molecule has 1 saturated heterocycles. The molecular formula is C14H18BClF2O3. The van der Waals surface area contributed by atoms with Gasteiger partial charge in [0.15, 0.2) is 0 Å². The number of hydrogen-bond acceptors (Lipinski definition) is 3. The van der Waals surface area contributed by atoms with E-state index in [0.29, 0.717) is 16.2 Å². The molecule has 0 atom stereocenters. The highest BCUT2D eigenvalue weighted by Crippen LogP contribution is 2.37. The van der Waals surface area contributed by atoms with Crippen molar-refractivity contribution in [2.24, 2.45) is 0 Å². The first-order chi connectivity index (χ1) is 9.62. The summed E-state index contributed by atoms with van der Waals surface area (Å²) in [4.78, 5) is 0. The van der Waals surface area contributed by atoms with Gasteiger partial charge in [0, 0.05) is 10.5 Å². The molecule has 0 radical (unpaired) electrons. The fourth-order valence-electron chi connectivity index (χ4n) is 1.96. The van der Waals surface area contributed by atoms with Gasteiger partial charge >= 0.3 is 7.12 Å². The molecule has 0 aromatic heterocycles. The van der Waals surface area contributed by atoms with Crippen LogP contribution in [0.25, 0.3) is 0 Å². The molecule has 0 spiro atoms. The predicted molar refractivity (Wildman–Crippen MR) is 78.7 cm³/mol. The molecule has 1 fully saturated rings. The molecule has 0 bridgehead atoms. The Bertz CT molecular complexity index is 507. The summed E-state index contributed by atoms with van der Waals surface area (Å²) in [7, 11) is -0.707. The third kappa shape index (κ3) is 3.50. The van der Waals surface area contributed by atoms with E-state index in [9.17, 15) is 8.78 Å². The summed E-state index contributed by atoms with van der Waals surface area (Å²) in [6.07, 6.45) is -2.55. The van der Waals surface area contributed by atoms with Crippen molar-refractivity contribution in [3.05, 3.63) is 23.2 Å². The van der Waals surface area contributed by atoms with Gasteiger partial charge in [-0.15, -0.1) is 0 Å². The summed E-state index contributed by atoms with van der Waals surface area (Å²) in [5, 5.41) is 0.462. The topological polar surface area (TPSA) is 27.7 Å². The molecule has 1 aliphatic heterocycles. The molecule has 116 valence electrons. The largest absolute Gasteiger partial charge is 0.498 e. The zero-order chi connectivity index (χ0) is 15.8. The van der Waals surface area contributed by atoms with E-state index in [2.05, 4.69) is 0 Å². The van der Waals surface area contributed by atoms with Crippen LogP contribution in [0.1, 0.15) is 27.7 Å². The van der Waals surface area contributed by atoms with E-state index in [1.807, 2.05) is 27.7 Å². The molecule has 1 aromatic carbocycles. The van der Waals surface area contributed by atoms with Crippen LogP contribution in [0.3, 0.4) is 0 Å². The Morgan fingerprint density at radius 3 is 2.29 bits per heavy atom. The lowest BCUT2D eigenvalue weighted by Gasteiger charge is -2.32. The van der Waals surface area contributed by atoms with Gasteiger partial charge < -0.3 is 14.0 Å². The normalized spacial score (nSPS) is 20.1. The van der Waals surface area contributed by atoms with E-state index in [1.165, 1.54) is 0 Å². The number of halogens is 3. The van der Waals surface area contributed by atoms with Gasteiger partial charge in [0.25, 0.3) is 6.43 Å². The van der Waals surface area contributed by atoms with Gasteiger partial charge in [-0.1, -0.05) is 11.6 Å². The summed E-state index contributed by atoms with van der Waals surface area (Å²) >= 11 is 5.99. The van der Waals surface area contributed by atoms with Crippen molar-refractivity contribution >= 4 is 24.2 Å². The molecular weight excluding hydrogens is 300 g/mol. The fourth-order valence-corrected chi connectivity index (χ4v) is 2.14. The van der Waals surface area contributed by atoms with E-state index in [1.54, 1.807) is 18.2 Å². The number of benzene rings is 1. The number of alkyl halides is 2. The molecule has 2 rings (SSSR count). The van der Waals surface area contributed by atoms with Crippen molar-refractivity contribution in [2.45, 2.75) is 45.3 Å². The SMILES string of the molecule is CC1(C)OB(c2cc(Cl)ccc2OCC(F)F)OC1(C)C. The lowest BCUT2D eigenvalue weighted by atomic mass is 9.78. The molecule has 0 amide bonds. The molecule has 7 heteroatoms. The third-order valence-electron chi connectivity index (χ3n) is 3.84. The number of ether oxygens (including phenoxy) is 1. The Kier molecular flexibility index (Phi) is 4.52. The van der Waals surface area contributed by atoms with E-state index in [0.717, 1.165) is 0 Å². The minimum atomic E-state index is -2.55. The Labute approximate surface area is 128 Å². The van der Waals surface area contributed by atoms with Gasteiger partial charge in [-0.25, -0.2) is 8.78 Å². The predicted octanol–water partition coefficient (Wildman–Crippen LogP) is 3.28. The third-order valence-corrected chi connectivity index (χ3v) is 4.08. The van der Waals surface area contributed by atoms with Crippen molar-refractivity contribution in [3.63, 3.8) is 0 Å². The zero-order valence-corrected chi connectivity index (χ0v) is 13.2. The maximum absolute atomic E-state index is 12.3. The molecule has 0 saturated carbocycles. The first-order valence-corrected chi connectivity index (χ1v) is 7.06. The summed E-state index contributed by atoms with van der Waals surface area (Å²) in [5.74, 6) is 0.290. The van der Waals surface area contributed by atoms with Crippen molar-refractivity contribution in [1.29, 1.82) is 0 Å². The lowest BCUT2D eigenvalue weighted by Crippen LogP contribution is -2.41. The van der Waals surface area contributed by atoms with Crippen molar-refractivity contribution in [1.82, 2.24) is 0 Å². The Morgan fingerprint density at radius 1 is 1.19 bits per heavy atom. The zero-order valence-electron chi connectivity index (χ0n) is 12.5. The fraction of sp³-hybridized carbons (Fsp3) is 0.571. The molecule has 0 aliphatic carbocycles. The van der Waals surface area contributed by atoms with Gasteiger partial charge in [-0.05, 0) is 45.9 Å². The molecule has 3 nitrogen and oxygen atoms in total. The molecule has 1 heterocycles. The Hall–Kier alpha value is -0.845. The molecule has 21 heavy (non-hydrogen) atoms. The maximum Gasteiger partial charge on any atom is 0.498 e. The number of rotatable bonds is 4. The molecule has 1 aliphatic rings. The first-order valence-electron chi connectivity index (χ1n) is 6.68. The summed E-state index contributed by atoms with van der Waals surface area (Å²) in [6.45, 7) is 6.97. The average Bonchev–Trinajstić information content (AvgIpc) is 2.56. The Balaban J connectivity index is 2.29. The standard InChI is InChI=1S/C14H18BClF2O3/c1-13(2)14(3,4)21-15(20-13)10-7-9(16)5-6-11(10)19-8-12(17)18/h5-7,12H,8H2,1-4H3. The number of hydrogen-bond donors (Lipinski definition) is 0. The van der Waals surface area contributed by atoms with Crippen molar-refractivity contribution in [2.75, 3.05) is 6.61 Å². The van der Waals surface area contributed by atoms with E-state index in [4.69, 9.17) is 25.6 Å². The van der Waals surface area contributed by atoms with Gasteiger partial charge in [0.05, 0.1) is 11.2 Å². The van der Waals surface area contributed by atoms with Crippen LogP contribution in [0, 0.1) is 0 Å². The van der Waals surface area contributed by atoms with Crippen LogP contribution in [0.15, 0.2) is 18.2 Å². The highest BCUT2D eigenvalue weighted by atomic mass is 35.5. The molecule has 0 unspecified atom stereocenters. The highest BCUT2D eigenvalue weighted by molar-refractivity contribution is 6.63. The monoisotopic (exact) mass is 318 g/mol. The lowest BCUT2D eigenvalue weighted by molar-refractivity contribution is 0.00578. The van der Waals surface area contributed by atoms with Crippen LogP contribution in [-0.4, -0.2) is 31.4 Å². The average molecular weight is 319 g/mol. The summed E-state index contributed by atoms with van der Waals surface area (Å²) < 4.78 is 41.6. The minimum Gasteiger partial charge on any atom is -0.488 e. The van der Waals surface area contributed by atoms with Crippen LogP contribution in [0.4, 0.5) is 8.78 Å².